The van der Waals surface area contributed by atoms with Gasteiger partial charge in [0.15, 0.2) is 6.23 Å². The van der Waals surface area contributed by atoms with Crippen molar-refractivity contribution < 1.29 is 22.7 Å². The van der Waals surface area contributed by atoms with Gasteiger partial charge in [0.1, 0.15) is 5.69 Å². The van der Waals surface area contributed by atoms with Gasteiger partial charge in [-0.1, -0.05) is 6.08 Å². The highest BCUT2D eigenvalue weighted by Gasteiger charge is 2.34. The number of allylic oxidation sites excluding steroid dienone is 2. The second-order valence-corrected chi connectivity index (χ2v) is 4.13. The van der Waals surface area contributed by atoms with Crippen LogP contribution in [0.4, 0.5) is 13.2 Å². The number of likely N-dealkylation sites (N-methyl/N-ethyl adjacent to an activating group) is 1. The molecule has 1 aliphatic heterocycles. The van der Waals surface area contributed by atoms with Gasteiger partial charge < -0.3 is 9.72 Å². The van der Waals surface area contributed by atoms with Gasteiger partial charge in [0.2, 0.25) is 0 Å². The Bertz CT molecular complexity index is 546. The summed E-state index contributed by atoms with van der Waals surface area (Å²) in [5.74, 6) is -0.524. The molecule has 1 N–H and O–H groups in total. The van der Waals surface area contributed by atoms with Crippen LogP contribution in [0, 0.1) is 0 Å². The van der Waals surface area contributed by atoms with E-state index in [-0.39, 0.29) is 5.56 Å². The zero-order valence-corrected chi connectivity index (χ0v) is 10.6. The lowest BCUT2D eigenvalue weighted by Gasteiger charge is -2.28. The molecule has 1 amide bonds. The minimum atomic E-state index is -4.50. The molecule has 0 radical (unpaired) electrons. The average molecular weight is 286 g/mol. The highest BCUT2D eigenvalue weighted by molar-refractivity contribution is 5.94. The van der Waals surface area contributed by atoms with E-state index in [1.54, 1.807) is 25.2 Å². The summed E-state index contributed by atoms with van der Waals surface area (Å²) in [5.41, 5.74) is -0.998. The van der Waals surface area contributed by atoms with Crippen LogP contribution in [-0.2, 0) is 10.9 Å². The maximum absolute atomic E-state index is 12.5. The number of nitrogens with zero attached hydrogens (tertiary/aromatic N) is 1. The topological polar surface area (TPSA) is 45.3 Å². The quantitative estimate of drug-likeness (QED) is 0.928. The van der Waals surface area contributed by atoms with Crippen molar-refractivity contribution in [2.45, 2.75) is 19.3 Å². The van der Waals surface area contributed by atoms with Crippen LogP contribution in [0.3, 0.4) is 0 Å². The third kappa shape index (κ3) is 2.87. The van der Waals surface area contributed by atoms with Crippen molar-refractivity contribution in [1.82, 2.24) is 9.88 Å². The summed E-state index contributed by atoms with van der Waals surface area (Å²) in [5, 5.41) is 0. The monoisotopic (exact) mass is 286 g/mol. The number of aromatic amines is 1. The first-order valence-electron chi connectivity index (χ1n) is 5.99. The van der Waals surface area contributed by atoms with Crippen LogP contribution in [0.5, 0.6) is 0 Å². The molecule has 20 heavy (non-hydrogen) atoms. The molecule has 2 rings (SSSR count). The highest BCUT2D eigenvalue weighted by Crippen LogP contribution is 2.29. The molecule has 0 saturated carbocycles. The summed E-state index contributed by atoms with van der Waals surface area (Å²) in [6.07, 6.45) is 2.39. The number of carbonyl (C=O) groups excluding carboxylic acids is 1. The summed E-state index contributed by atoms with van der Waals surface area (Å²) in [6, 6.07) is 0.799. The summed E-state index contributed by atoms with van der Waals surface area (Å²) in [4.78, 5) is 15.6. The number of carbonyl (C=O) groups is 1. The number of halogens is 3. The first-order valence-corrected chi connectivity index (χ1v) is 5.99. The van der Waals surface area contributed by atoms with Crippen LogP contribution < -0.4 is 0 Å². The second kappa shape index (κ2) is 5.44. The smallest absolute Gasteiger partial charge is 0.431 e. The molecule has 4 nitrogen and oxygen atoms in total. The number of alkyl halides is 3. The molecular formula is C13H13F3N2O2. The van der Waals surface area contributed by atoms with Crippen molar-refractivity contribution in [2.24, 2.45) is 0 Å². The number of rotatable bonds is 3. The fourth-order valence-corrected chi connectivity index (χ4v) is 1.84. The fourth-order valence-electron chi connectivity index (χ4n) is 1.84. The van der Waals surface area contributed by atoms with Crippen molar-refractivity contribution in [3.63, 3.8) is 0 Å². The van der Waals surface area contributed by atoms with Crippen molar-refractivity contribution in [1.29, 1.82) is 0 Å². The summed E-state index contributed by atoms with van der Waals surface area (Å²) >= 11 is 0. The number of ether oxygens (including phenoxy) is 1. The van der Waals surface area contributed by atoms with Crippen LogP contribution in [0.1, 0.15) is 23.0 Å². The lowest BCUT2D eigenvalue weighted by Crippen LogP contribution is -2.40. The first kappa shape index (κ1) is 14.2. The number of nitrogens with one attached hydrogen (secondary N) is 1. The number of H-pyrrole nitrogens is 1. The van der Waals surface area contributed by atoms with Gasteiger partial charge in [-0.15, -0.1) is 0 Å². The molecule has 0 fully saturated rings. The van der Waals surface area contributed by atoms with Crippen LogP contribution in [0.2, 0.25) is 0 Å². The van der Waals surface area contributed by atoms with Gasteiger partial charge >= 0.3 is 6.18 Å². The minimum Gasteiger partial charge on any atom is -0.474 e. The van der Waals surface area contributed by atoms with E-state index in [4.69, 9.17) is 4.74 Å². The van der Waals surface area contributed by atoms with E-state index >= 15 is 0 Å². The van der Waals surface area contributed by atoms with Gasteiger partial charge in [-0.3, -0.25) is 9.69 Å². The molecular weight excluding hydrogens is 273 g/mol. The lowest BCUT2D eigenvalue weighted by atomic mass is 10.2. The van der Waals surface area contributed by atoms with Gasteiger partial charge in [-0.25, -0.2) is 0 Å². The minimum absolute atomic E-state index is 0.0503. The summed E-state index contributed by atoms with van der Waals surface area (Å²) < 4.78 is 42.8. The molecule has 108 valence electrons. The fraction of sp³-hybridized carbons (Fsp3) is 0.308. The number of hydrogen-bond acceptors (Lipinski definition) is 2. The van der Waals surface area contributed by atoms with Crippen molar-refractivity contribution in [3.05, 3.63) is 48.0 Å². The van der Waals surface area contributed by atoms with Crippen molar-refractivity contribution >= 4 is 5.91 Å². The highest BCUT2D eigenvalue weighted by atomic mass is 19.4. The lowest BCUT2D eigenvalue weighted by molar-refractivity contribution is -0.140. The zero-order valence-electron chi connectivity index (χ0n) is 10.6. The largest absolute Gasteiger partial charge is 0.474 e. The number of aromatic nitrogens is 1. The van der Waals surface area contributed by atoms with Crippen LogP contribution in [0.15, 0.2) is 36.8 Å². The Morgan fingerprint density at radius 3 is 2.70 bits per heavy atom. The zero-order chi connectivity index (χ0) is 14.8. The Hall–Kier alpha value is -2.18. The van der Waals surface area contributed by atoms with Crippen molar-refractivity contribution in [3.8, 4) is 0 Å². The van der Waals surface area contributed by atoms with Gasteiger partial charge in [0.05, 0.1) is 11.8 Å². The standard InChI is InChI=1S/C13H13F3N2O2/c1-2-18(11-5-3-4-6-20-11)12(19)9-7-10(17-8-9)13(14,15)16/h3-8,11,17H,2H2,1H3. The summed E-state index contributed by atoms with van der Waals surface area (Å²) in [6.45, 7) is 2.04. The Morgan fingerprint density at radius 2 is 2.20 bits per heavy atom. The molecule has 2 heterocycles. The van der Waals surface area contributed by atoms with E-state index in [9.17, 15) is 18.0 Å². The van der Waals surface area contributed by atoms with Gasteiger partial charge in [-0.05, 0) is 25.1 Å². The second-order valence-electron chi connectivity index (χ2n) is 4.13. The Morgan fingerprint density at radius 1 is 1.45 bits per heavy atom. The van der Waals surface area contributed by atoms with Gasteiger partial charge in [-0.2, -0.15) is 13.2 Å². The van der Waals surface area contributed by atoms with E-state index in [1.807, 2.05) is 0 Å². The number of hydrogen-bond donors (Lipinski definition) is 1. The molecule has 1 atom stereocenters. The SMILES string of the molecule is CCN(C(=O)c1c[nH]c(C(F)(F)F)c1)C1C=CC=CO1. The maximum atomic E-state index is 12.5. The molecule has 0 spiro atoms. The van der Waals surface area contributed by atoms with E-state index in [0.29, 0.717) is 6.54 Å². The third-order valence-electron chi connectivity index (χ3n) is 2.83. The molecule has 1 aliphatic rings. The molecule has 1 aromatic rings. The van der Waals surface area contributed by atoms with E-state index in [2.05, 4.69) is 4.98 Å². The molecule has 1 unspecified atom stereocenters. The maximum Gasteiger partial charge on any atom is 0.431 e. The van der Waals surface area contributed by atoms with Gasteiger partial charge in [0.25, 0.3) is 5.91 Å². The first-order chi connectivity index (χ1) is 9.43. The van der Waals surface area contributed by atoms with Crippen molar-refractivity contribution in [2.75, 3.05) is 6.54 Å². The predicted octanol–water partition coefficient (Wildman–Crippen LogP) is 2.92. The third-order valence-corrected chi connectivity index (χ3v) is 2.83. The Kier molecular flexibility index (Phi) is 3.87. The summed E-state index contributed by atoms with van der Waals surface area (Å²) in [7, 11) is 0. The predicted molar refractivity (Wildman–Crippen MR) is 65.7 cm³/mol. The normalized spacial score (nSPS) is 17.9. The number of amides is 1. The molecule has 1 aromatic heterocycles. The van der Waals surface area contributed by atoms with E-state index < -0.39 is 24.0 Å². The molecule has 0 aliphatic carbocycles. The Labute approximate surface area is 113 Å². The van der Waals surface area contributed by atoms with Gasteiger partial charge in [0, 0.05) is 12.7 Å². The Balaban J connectivity index is 2.18. The molecule has 0 saturated heterocycles. The van der Waals surface area contributed by atoms with Crippen LogP contribution >= 0.6 is 0 Å². The van der Waals surface area contributed by atoms with E-state index in [1.165, 1.54) is 11.2 Å². The molecule has 0 bridgehead atoms. The van der Waals surface area contributed by atoms with Crippen LogP contribution in [0.25, 0.3) is 0 Å². The van der Waals surface area contributed by atoms with E-state index in [0.717, 1.165) is 12.3 Å². The molecule has 0 aromatic carbocycles. The van der Waals surface area contributed by atoms with Crippen LogP contribution in [-0.4, -0.2) is 28.6 Å². The average Bonchev–Trinajstić information content (AvgIpc) is 2.90. The molecule has 7 heteroatoms.